The fourth-order valence-corrected chi connectivity index (χ4v) is 8.13. The van der Waals surface area contributed by atoms with Crippen LogP contribution in [0.5, 0.6) is 0 Å². The van der Waals surface area contributed by atoms with Gasteiger partial charge in [0.2, 0.25) is 0 Å². The van der Waals surface area contributed by atoms with Gasteiger partial charge in [-0.2, -0.15) is 0 Å². The predicted octanol–water partition coefficient (Wildman–Crippen LogP) is 8.61. The molecule has 1 aliphatic carbocycles. The normalized spacial score (nSPS) is 23.9. The van der Waals surface area contributed by atoms with E-state index in [2.05, 4.69) is 54.3 Å². The molecule has 180 valence electrons. The van der Waals surface area contributed by atoms with Crippen molar-refractivity contribution in [3.63, 3.8) is 0 Å². The Morgan fingerprint density at radius 1 is 0.767 bits per heavy atom. The van der Waals surface area contributed by atoms with Crippen molar-refractivity contribution in [2.75, 3.05) is 26.2 Å². The maximum atomic E-state index is 6.33. The van der Waals surface area contributed by atoms with Crippen molar-refractivity contribution in [3.8, 4) is 0 Å². The molecule has 2 aliphatic rings. The summed E-state index contributed by atoms with van der Waals surface area (Å²) in [4.78, 5) is 0. The van der Waals surface area contributed by atoms with Crippen LogP contribution in [0.1, 0.15) is 112 Å². The number of unbranched alkanes of at least 4 members (excludes halogenated alkanes) is 4. The number of fused-ring (bicyclic) bond motifs is 1. The van der Waals surface area contributed by atoms with Crippen molar-refractivity contribution in [2.45, 2.75) is 137 Å². The first kappa shape index (κ1) is 27.9. The fraction of sp³-hybridized carbons (Fsp3) is 0.926. The molecule has 0 saturated heterocycles. The molecule has 0 amide bonds. The van der Waals surface area contributed by atoms with Gasteiger partial charge >= 0.3 is 81.1 Å². The molecule has 0 aromatic rings. The average Bonchev–Trinajstić information content (AvgIpc) is 2.92. The largest absolute Gasteiger partial charge is 0.324 e. The Hall–Kier alpha value is -0.123. The summed E-state index contributed by atoms with van der Waals surface area (Å²) < 4.78 is 7.75. The number of rotatable bonds is 12. The molecule has 1 aliphatic heterocycles. The van der Waals surface area contributed by atoms with E-state index in [4.69, 9.17) is 4.43 Å². The van der Waals surface area contributed by atoms with E-state index >= 15 is 0 Å². The van der Waals surface area contributed by atoms with Crippen molar-refractivity contribution in [2.24, 2.45) is 0 Å². The summed E-state index contributed by atoms with van der Waals surface area (Å²) in [5, 5.41) is 1.63. The molecule has 1 unspecified atom stereocenters. The molecule has 0 N–H and O–H groups in total. The second-order valence-corrected chi connectivity index (χ2v) is 18.5. The van der Waals surface area contributed by atoms with E-state index < -0.39 is 7.59 Å². The standard InChI is InChI=1S/C16H36N.C11H21OSi/c1-5-9-13-17(14-10-6-2,15-11-7-3)16-12-8-4;1-9-10-7-5-6-8-11(10)12-13(9,2,3)4/h5-16H2,1-4H3;11H,5-8H2,1-4H3/q+1;-1. The zero-order valence-corrected chi connectivity index (χ0v) is 23.2. The van der Waals surface area contributed by atoms with Crippen molar-refractivity contribution in [1.29, 1.82) is 0 Å². The van der Waals surface area contributed by atoms with Gasteiger partial charge in [-0.05, 0) is 25.7 Å². The maximum Gasteiger partial charge on any atom is 0.0786 e. The van der Waals surface area contributed by atoms with Gasteiger partial charge in [0.25, 0.3) is 0 Å². The van der Waals surface area contributed by atoms with Crippen molar-refractivity contribution in [3.05, 3.63) is 10.8 Å². The minimum Gasteiger partial charge on any atom is -0.324 e. The Morgan fingerprint density at radius 3 is 1.57 bits per heavy atom. The Balaban J connectivity index is 0.000000308. The van der Waals surface area contributed by atoms with Crippen LogP contribution in [0.15, 0.2) is 10.8 Å². The molecule has 1 fully saturated rings. The third kappa shape index (κ3) is 8.43. The van der Waals surface area contributed by atoms with Crippen LogP contribution in [0.4, 0.5) is 0 Å². The molecule has 0 bridgehead atoms. The van der Waals surface area contributed by atoms with Crippen molar-refractivity contribution < 1.29 is 8.91 Å². The summed E-state index contributed by atoms with van der Waals surface area (Å²) in [6, 6.07) is 0. The Labute approximate surface area is 191 Å². The minimum absolute atomic E-state index is 0.502. The second-order valence-electron chi connectivity index (χ2n) is 11.6. The van der Waals surface area contributed by atoms with Gasteiger partial charge in [0.1, 0.15) is 0 Å². The molecule has 3 heteroatoms. The van der Waals surface area contributed by atoms with E-state index in [1.807, 2.05) is 0 Å². The number of hydrogen-bond donors (Lipinski definition) is 0. The van der Waals surface area contributed by atoms with Crippen LogP contribution in [0, 0.1) is 0 Å². The van der Waals surface area contributed by atoms with Crippen LogP contribution in [-0.4, -0.2) is 44.4 Å². The number of allylic oxidation sites excluding steroid dienone is 1. The first-order valence-electron chi connectivity index (χ1n) is 13.6. The van der Waals surface area contributed by atoms with E-state index in [1.54, 1.807) is 10.8 Å². The Morgan fingerprint density at radius 2 is 1.20 bits per heavy atom. The van der Waals surface area contributed by atoms with E-state index in [0.717, 1.165) is 0 Å². The molecule has 30 heavy (non-hydrogen) atoms. The topological polar surface area (TPSA) is 9.23 Å². The first-order valence-corrected chi connectivity index (χ1v) is 17.5. The van der Waals surface area contributed by atoms with E-state index in [-0.39, 0.29) is 0 Å². The third-order valence-electron chi connectivity index (χ3n) is 7.81. The number of quaternary nitrogens is 1. The Bertz CT molecular complexity index is 479. The van der Waals surface area contributed by atoms with Crippen LogP contribution in [0.25, 0.3) is 0 Å². The molecule has 0 radical (unpaired) electrons. The second kappa shape index (κ2) is 12.8. The summed E-state index contributed by atoms with van der Waals surface area (Å²) in [5.41, 5.74) is 1.66. The van der Waals surface area contributed by atoms with E-state index in [0.29, 0.717) is 6.10 Å². The van der Waals surface area contributed by atoms with Crippen molar-refractivity contribution in [1.82, 2.24) is 0 Å². The van der Waals surface area contributed by atoms with Gasteiger partial charge in [0.15, 0.2) is 0 Å². The predicted molar refractivity (Wildman–Crippen MR) is 139 cm³/mol. The smallest absolute Gasteiger partial charge is 0.0786 e. The molecule has 0 aromatic carbocycles. The van der Waals surface area contributed by atoms with Crippen LogP contribution < -0.4 is 0 Å². The van der Waals surface area contributed by atoms with Crippen molar-refractivity contribution >= 4 is 7.59 Å². The molecule has 2 rings (SSSR count). The summed E-state index contributed by atoms with van der Waals surface area (Å²) in [5.74, 6) is 0. The first-order chi connectivity index (χ1) is 14.1. The molecule has 1 saturated carbocycles. The summed E-state index contributed by atoms with van der Waals surface area (Å²) in [6.07, 6.45) is 16.9. The van der Waals surface area contributed by atoms with Gasteiger partial charge in [-0.1, -0.05) is 53.4 Å². The minimum atomic E-state index is -2.11. The van der Waals surface area contributed by atoms with Gasteiger partial charge in [0, 0.05) is 0 Å². The van der Waals surface area contributed by atoms with Crippen LogP contribution in [-0.2, 0) is 4.43 Å². The van der Waals surface area contributed by atoms with E-state index in [9.17, 15) is 0 Å². The monoisotopic (exact) mass is 439 g/mol. The maximum absolute atomic E-state index is 6.33. The summed E-state index contributed by atoms with van der Waals surface area (Å²) in [7, 11) is -2.11. The van der Waals surface area contributed by atoms with Gasteiger partial charge in [-0.25, -0.2) is 0 Å². The average molecular weight is 440 g/mol. The van der Waals surface area contributed by atoms with Crippen LogP contribution >= 0.6 is 0 Å². The molecule has 2 nitrogen and oxygen atoms in total. The molecule has 0 spiro atoms. The SMILES string of the molecule is CC1=C2CCCCC2O[Si-]1(C)(C)C.CCCC[N+](CCCC)(CCCC)CCCC. The van der Waals surface area contributed by atoms with Crippen LogP contribution in [0.3, 0.4) is 0 Å². The summed E-state index contributed by atoms with van der Waals surface area (Å²) >= 11 is 0. The zero-order valence-electron chi connectivity index (χ0n) is 22.2. The third-order valence-corrected chi connectivity index (χ3v) is 11.8. The van der Waals surface area contributed by atoms with E-state index in [1.165, 1.54) is 108 Å². The molecule has 0 aromatic heterocycles. The zero-order chi connectivity index (χ0) is 22.7. The van der Waals surface area contributed by atoms with Crippen LogP contribution in [0.2, 0.25) is 19.6 Å². The summed E-state index contributed by atoms with van der Waals surface area (Å²) in [6.45, 7) is 24.4. The van der Waals surface area contributed by atoms with Gasteiger partial charge in [-0.15, -0.1) is 0 Å². The Kier molecular flexibility index (Phi) is 11.9. The molecule has 1 atom stereocenters. The quantitative estimate of drug-likeness (QED) is 0.218. The van der Waals surface area contributed by atoms with Gasteiger partial charge in [0.05, 0.1) is 26.2 Å². The molecular formula is C27H57NOSi. The fourth-order valence-electron chi connectivity index (χ4n) is 5.32. The number of nitrogens with zero attached hydrogens (tertiary/aromatic N) is 1. The number of hydrogen-bond acceptors (Lipinski definition) is 1. The van der Waals surface area contributed by atoms with Gasteiger partial charge in [-0.3, -0.25) is 0 Å². The molecular weight excluding hydrogens is 382 g/mol. The molecule has 1 heterocycles. The van der Waals surface area contributed by atoms with Gasteiger partial charge < -0.3 is 4.48 Å².